The molecule has 3 heterocycles. The van der Waals surface area contributed by atoms with Crippen LogP contribution < -0.4 is 10.6 Å². The maximum Gasteiger partial charge on any atom is 0.0383 e. The minimum absolute atomic E-state index is 0.377. The molecule has 6 rings (SSSR count). The average Bonchev–Trinajstić information content (AvgIpc) is 2.85. The molecule has 3 nitrogen and oxygen atoms in total. The Morgan fingerprint density at radius 2 is 1.39 bits per heavy atom. The Balaban J connectivity index is 1.49. The number of hydrogen-bond donors (Lipinski definition) is 2. The van der Waals surface area contributed by atoms with E-state index >= 15 is 0 Å². The number of benzene rings is 3. The molecule has 0 saturated carbocycles. The van der Waals surface area contributed by atoms with Crippen LogP contribution in [0.15, 0.2) is 84.9 Å². The third kappa shape index (κ3) is 4.13. The summed E-state index contributed by atoms with van der Waals surface area (Å²) in [6.45, 7) is 3.34. The van der Waals surface area contributed by atoms with E-state index in [0.29, 0.717) is 18.0 Å². The molecular formula is C28H33N3. The standard InChI is InChI=1S/C28H33N3/c1-29-25-15-9-8-14-24(25)20-30-27-23-16-18-31(19-17-23)28(27)26(21-10-4-2-5-11-21)22-12-6-3-7-13-22/h2-15,23,26-30H,16-20H2,1H3/t27-,28-/m0/s1. The summed E-state index contributed by atoms with van der Waals surface area (Å²) in [6, 6.07) is 31.9. The van der Waals surface area contributed by atoms with Gasteiger partial charge in [-0.05, 0) is 54.6 Å². The smallest absolute Gasteiger partial charge is 0.0383 e. The third-order valence-corrected chi connectivity index (χ3v) is 7.35. The van der Waals surface area contributed by atoms with Gasteiger partial charge < -0.3 is 10.6 Å². The van der Waals surface area contributed by atoms with Crippen molar-refractivity contribution in [2.24, 2.45) is 5.92 Å². The maximum atomic E-state index is 4.03. The normalized spacial score (nSPS) is 25.0. The number of anilines is 1. The Morgan fingerprint density at radius 1 is 0.806 bits per heavy atom. The van der Waals surface area contributed by atoms with Gasteiger partial charge in [-0.2, -0.15) is 0 Å². The summed E-state index contributed by atoms with van der Waals surface area (Å²) in [5, 5.41) is 7.39. The molecule has 0 unspecified atom stereocenters. The van der Waals surface area contributed by atoms with Gasteiger partial charge >= 0.3 is 0 Å². The number of nitrogens with zero attached hydrogens (tertiary/aromatic N) is 1. The van der Waals surface area contributed by atoms with Crippen molar-refractivity contribution < 1.29 is 0 Å². The van der Waals surface area contributed by atoms with Crippen molar-refractivity contribution in [1.29, 1.82) is 0 Å². The van der Waals surface area contributed by atoms with Gasteiger partial charge in [0.1, 0.15) is 0 Å². The summed E-state index contributed by atoms with van der Waals surface area (Å²) in [4.78, 5) is 2.76. The largest absolute Gasteiger partial charge is 0.388 e. The lowest BCUT2D eigenvalue weighted by molar-refractivity contribution is 0.00470. The minimum atomic E-state index is 0.377. The van der Waals surface area contributed by atoms with Crippen molar-refractivity contribution in [3.8, 4) is 0 Å². The molecule has 2 N–H and O–H groups in total. The van der Waals surface area contributed by atoms with E-state index in [1.54, 1.807) is 0 Å². The maximum absolute atomic E-state index is 4.03. The van der Waals surface area contributed by atoms with Gasteiger partial charge in [0.25, 0.3) is 0 Å². The first-order chi connectivity index (χ1) is 15.3. The highest BCUT2D eigenvalue weighted by atomic mass is 15.2. The number of para-hydroxylation sites is 1. The van der Waals surface area contributed by atoms with Gasteiger partial charge in [0.2, 0.25) is 0 Å². The van der Waals surface area contributed by atoms with Gasteiger partial charge in [0, 0.05) is 37.3 Å². The first kappa shape index (κ1) is 20.3. The number of rotatable bonds is 7. The minimum Gasteiger partial charge on any atom is -0.388 e. The van der Waals surface area contributed by atoms with Crippen LogP contribution in [0.1, 0.15) is 35.4 Å². The fourth-order valence-corrected chi connectivity index (χ4v) is 5.84. The van der Waals surface area contributed by atoms with E-state index in [1.807, 2.05) is 7.05 Å². The van der Waals surface area contributed by atoms with Crippen LogP contribution in [0.5, 0.6) is 0 Å². The van der Waals surface area contributed by atoms with Gasteiger partial charge in [0.05, 0.1) is 0 Å². The zero-order valence-corrected chi connectivity index (χ0v) is 18.4. The van der Waals surface area contributed by atoms with Crippen LogP contribution in [-0.2, 0) is 6.54 Å². The molecule has 3 fully saturated rings. The van der Waals surface area contributed by atoms with Crippen LogP contribution in [0.2, 0.25) is 0 Å². The Hall–Kier alpha value is -2.62. The summed E-state index contributed by atoms with van der Waals surface area (Å²) in [5.41, 5.74) is 5.41. The lowest BCUT2D eigenvalue weighted by Gasteiger charge is -2.54. The molecule has 3 heteroatoms. The van der Waals surface area contributed by atoms with E-state index in [0.717, 1.165) is 12.5 Å². The summed E-state index contributed by atoms with van der Waals surface area (Å²) in [7, 11) is 2.01. The monoisotopic (exact) mass is 411 g/mol. The molecule has 3 aromatic rings. The van der Waals surface area contributed by atoms with E-state index < -0.39 is 0 Å². The zero-order valence-electron chi connectivity index (χ0n) is 18.4. The number of hydrogen-bond acceptors (Lipinski definition) is 3. The molecular weight excluding hydrogens is 378 g/mol. The molecule has 0 spiro atoms. The third-order valence-electron chi connectivity index (χ3n) is 7.35. The second-order valence-corrected chi connectivity index (χ2v) is 8.98. The lowest BCUT2D eigenvalue weighted by atomic mass is 9.70. The first-order valence-electron chi connectivity index (χ1n) is 11.7. The number of nitrogens with one attached hydrogen (secondary N) is 2. The topological polar surface area (TPSA) is 27.3 Å². The Morgan fingerprint density at radius 3 is 2.00 bits per heavy atom. The second-order valence-electron chi connectivity index (χ2n) is 8.98. The zero-order chi connectivity index (χ0) is 21.0. The van der Waals surface area contributed by atoms with Crippen LogP contribution in [0.25, 0.3) is 0 Å². The van der Waals surface area contributed by atoms with Crippen molar-refractivity contribution in [3.05, 3.63) is 102 Å². The van der Waals surface area contributed by atoms with Gasteiger partial charge in [0.15, 0.2) is 0 Å². The van der Waals surface area contributed by atoms with Crippen LogP contribution in [0, 0.1) is 5.92 Å². The first-order valence-corrected chi connectivity index (χ1v) is 11.7. The summed E-state index contributed by atoms with van der Waals surface area (Å²) >= 11 is 0. The highest BCUT2D eigenvalue weighted by molar-refractivity contribution is 5.50. The fraction of sp³-hybridized carbons (Fsp3) is 0.357. The van der Waals surface area contributed by atoms with Gasteiger partial charge in [-0.25, -0.2) is 0 Å². The van der Waals surface area contributed by atoms with E-state index in [4.69, 9.17) is 0 Å². The highest BCUT2D eigenvalue weighted by Gasteiger charge is 2.46. The van der Waals surface area contributed by atoms with Crippen molar-refractivity contribution in [2.45, 2.75) is 37.4 Å². The quantitative estimate of drug-likeness (QED) is 0.566. The molecule has 3 aliphatic rings. The molecule has 2 bridgehead atoms. The molecule has 3 aliphatic heterocycles. The van der Waals surface area contributed by atoms with Gasteiger partial charge in [-0.1, -0.05) is 78.9 Å². The lowest BCUT2D eigenvalue weighted by Crippen LogP contribution is -2.64. The predicted molar refractivity (Wildman–Crippen MR) is 129 cm³/mol. The molecule has 2 atom stereocenters. The van der Waals surface area contributed by atoms with E-state index in [2.05, 4.69) is 100 Å². The summed E-state index contributed by atoms with van der Waals surface area (Å²) in [6.07, 6.45) is 2.61. The fourth-order valence-electron chi connectivity index (χ4n) is 5.84. The highest BCUT2D eigenvalue weighted by Crippen LogP contribution is 2.42. The predicted octanol–water partition coefficient (Wildman–Crippen LogP) is 5.11. The Kier molecular flexibility index (Phi) is 6.06. The Labute approximate surface area is 186 Å². The van der Waals surface area contributed by atoms with Crippen LogP contribution in [0.3, 0.4) is 0 Å². The van der Waals surface area contributed by atoms with Crippen molar-refractivity contribution in [2.75, 3.05) is 25.5 Å². The van der Waals surface area contributed by atoms with Gasteiger partial charge in [-0.15, -0.1) is 0 Å². The van der Waals surface area contributed by atoms with E-state index in [-0.39, 0.29) is 0 Å². The van der Waals surface area contributed by atoms with E-state index in [1.165, 1.54) is 48.3 Å². The summed E-state index contributed by atoms with van der Waals surface area (Å²) < 4.78 is 0. The van der Waals surface area contributed by atoms with Crippen molar-refractivity contribution in [3.63, 3.8) is 0 Å². The molecule has 160 valence electrons. The van der Waals surface area contributed by atoms with Crippen LogP contribution in [0.4, 0.5) is 5.69 Å². The van der Waals surface area contributed by atoms with Crippen molar-refractivity contribution >= 4 is 5.69 Å². The van der Waals surface area contributed by atoms with Crippen LogP contribution >= 0.6 is 0 Å². The number of fused-ring (bicyclic) bond motifs is 3. The van der Waals surface area contributed by atoms with Gasteiger partial charge in [-0.3, -0.25) is 4.90 Å². The molecule has 0 amide bonds. The summed E-state index contributed by atoms with van der Waals surface area (Å²) in [5.74, 6) is 1.12. The second kappa shape index (κ2) is 9.25. The molecule has 3 saturated heterocycles. The number of piperidine rings is 3. The van der Waals surface area contributed by atoms with E-state index in [9.17, 15) is 0 Å². The molecule has 3 aromatic carbocycles. The van der Waals surface area contributed by atoms with Crippen molar-refractivity contribution in [1.82, 2.24) is 10.2 Å². The Bertz CT molecular complexity index is 924. The average molecular weight is 412 g/mol. The SMILES string of the molecule is CNc1ccccc1CN[C@H]1C2CCN(CC2)[C@H]1C(c1ccccc1)c1ccccc1. The molecule has 31 heavy (non-hydrogen) atoms. The van der Waals surface area contributed by atoms with Crippen LogP contribution in [-0.4, -0.2) is 37.1 Å². The molecule has 0 radical (unpaired) electrons. The molecule has 0 aliphatic carbocycles. The molecule has 0 aromatic heterocycles.